The predicted molar refractivity (Wildman–Crippen MR) is 117 cm³/mol. The lowest BCUT2D eigenvalue weighted by Gasteiger charge is -2.27. The summed E-state index contributed by atoms with van der Waals surface area (Å²) in [5, 5.41) is 2.51. The minimum Gasteiger partial charge on any atom is -0.310 e. The third-order valence-electron chi connectivity index (χ3n) is 5.16. The maximum absolute atomic E-state index is 2.36. The highest BCUT2D eigenvalue weighted by molar-refractivity contribution is 5.98. The van der Waals surface area contributed by atoms with Gasteiger partial charge in [-0.25, -0.2) is 0 Å². The first-order chi connectivity index (χ1) is 13.1. The molecule has 0 amide bonds. The molecular weight excluding hydrogens is 326 g/mol. The summed E-state index contributed by atoms with van der Waals surface area (Å²) >= 11 is 0. The highest BCUT2D eigenvalue weighted by atomic mass is 15.1. The van der Waals surface area contributed by atoms with Gasteiger partial charge in [-0.05, 0) is 59.7 Å². The van der Waals surface area contributed by atoms with Crippen molar-refractivity contribution in [2.24, 2.45) is 0 Å². The summed E-state index contributed by atoms with van der Waals surface area (Å²) in [5.41, 5.74) is 6.31. The van der Waals surface area contributed by atoms with Crippen molar-refractivity contribution in [1.29, 1.82) is 0 Å². The van der Waals surface area contributed by atoms with Crippen LogP contribution in [0.25, 0.3) is 10.8 Å². The molecule has 4 aromatic carbocycles. The van der Waals surface area contributed by atoms with Crippen molar-refractivity contribution < 1.29 is 0 Å². The van der Waals surface area contributed by atoms with E-state index in [-0.39, 0.29) is 0 Å². The van der Waals surface area contributed by atoms with Crippen LogP contribution >= 0.6 is 0 Å². The van der Waals surface area contributed by atoms with Crippen LogP contribution in [0.3, 0.4) is 0 Å². The Morgan fingerprint density at radius 3 is 2.11 bits per heavy atom. The summed E-state index contributed by atoms with van der Waals surface area (Å²) < 4.78 is 0. The van der Waals surface area contributed by atoms with Crippen LogP contribution in [0.2, 0.25) is 0 Å². The number of para-hydroxylation sites is 1. The second-order valence-corrected chi connectivity index (χ2v) is 7.36. The molecule has 27 heavy (non-hydrogen) atoms. The lowest BCUT2D eigenvalue weighted by Crippen LogP contribution is -2.11. The van der Waals surface area contributed by atoms with Crippen LogP contribution < -0.4 is 4.90 Å². The quantitative estimate of drug-likeness (QED) is 0.363. The van der Waals surface area contributed by atoms with Gasteiger partial charge in [0.05, 0.1) is 5.69 Å². The van der Waals surface area contributed by atoms with Gasteiger partial charge in [-0.1, -0.05) is 74.5 Å². The number of benzene rings is 4. The smallest absolute Gasteiger partial charge is 0.0540 e. The Morgan fingerprint density at radius 1 is 0.667 bits per heavy atom. The molecule has 0 aliphatic carbocycles. The Hall–Kier alpha value is -3.06. The third-order valence-corrected chi connectivity index (χ3v) is 5.16. The summed E-state index contributed by atoms with van der Waals surface area (Å²) in [6.45, 7) is 6.72. The molecule has 0 saturated heterocycles. The molecule has 1 heteroatoms. The molecule has 0 bridgehead atoms. The summed E-state index contributed by atoms with van der Waals surface area (Å²) in [4.78, 5) is 2.36. The van der Waals surface area contributed by atoms with E-state index in [4.69, 9.17) is 0 Å². The Balaban J connectivity index is 1.95. The van der Waals surface area contributed by atoms with Gasteiger partial charge in [0.2, 0.25) is 0 Å². The van der Waals surface area contributed by atoms with Crippen molar-refractivity contribution in [2.75, 3.05) is 4.90 Å². The van der Waals surface area contributed by atoms with Crippen molar-refractivity contribution in [3.05, 3.63) is 102 Å². The Morgan fingerprint density at radius 2 is 1.37 bits per heavy atom. The summed E-state index contributed by atoms with van der Waals surface area (Å²) in [6.07, 6.45) is 0. The maximum atomic E-state index is 2.36. The van der Waals surface area contributed by atoms with Crippen molar-refractivity contribution in [1.82, 2.24) is 0 Å². The van der Waals surface area contributed by atoms with Crippen LogP contribution in [-0.4, -0.2) is 0 Å². The van der Waals surface area contributed by atoms with E-state index in [9.17, 15) is 0 Å². The second-order valence-electron chi connectivity index (χ2n) is 7.36. The molecule has 0 spiro atoms. The van der Waals surface area contributed by atoms with Crippen LogP contribution in [0.4, 0.5) is 17.1 Å². The van der Waals surface area contributed by atoms with Gasteiger partial charge < -0.3 is 4.90 Å². The fourth-order valence-electron chi connectivity index (χ4n) is 3.85. The topological polar surface area (TPSA) is 3.24 Å². The number of nitrogens with zero attached hydrogens (tertiary/aromatic N) is 1. The molecule has 4 aromatic rings. The number of hydrogen-bond donors (Lipinski definition) is 0. The molecule has 0 aliphatic heterocycles. The minimum absolute atomic E-state index is 0.529. The number of rotatable bonds is 4. The second kappa shape index (κ2) is 7.28. The average molecular weight is 351 g/mol. The highest BCUT2D eigenvalue weighted by Gasteiger charge is 2.16. The Kier molecular flexibility index (Phi) is 4.68. The lowest BCUT2D eigenvalue weighted by molar-refractivity contribution is 0.856. The standard InChI is InChI=1S/C26H25N/c1-19(2)24-17-16-23(18-20(24)3)27(22-12-5-4-6-13-22)26-15-9-11-21-10-7-8-14-25(21)26/h4-19H,1-3H3. The predicted octanol–water partition coefficient (Wildman–Crippen LogP) is 7.74. The van der Waals surface area contributed by atoms with Crippen LogP contribution in [0.15, 0.2) is 91.0 Å². The van der Waals surface area contributed by atoms with E-state index < -0.39 is 0 Å². The summed E-state index contributed by atoms with van der Waals surface area (Å²) in [6, 6.07) is 32.6. The molecule has 4 rings (SSSR count). The zero-order valence-electron chi connectivity index (χ0n) is 16.2. The monoisotopic (exact) mass is 351 g/mol. The van der Waals surface area contributed by atoms with Crippen molar-refractivity contribution in [3.63, 3.8) is 0 Å². The zero-order valence-corrected chi connectivity index (χ0v) is 16.2. The molecule has 0 heterocycles. The van der Waals surface area contributed by atoms with E-state index in [0.29, 0.717) is 5.92 Å². The van der Waals surface area contributed by atoms with Crippen molar-refractivity contribution >= 4 is 27.8 Å². The molecule has 1 nitrogen and oxygen atoms in total. The molecule has 0 N–H and O–H groups in total. The third kappa shape index (κ3) is 3.33. The normalized spacial score (nSPS) is 11.1. The van der Waals surface area contributed by atoms with Gasteiger partial charge in [-0.3, -0.25) is 0 Å². The molecule has 0 atom stereocenters. The highest BCUT2D eigenvalue weighted by Crippen LogP contribution is 2.39. The lowest BCUT2D eigenvalue weighted by atomic mass is 9.97. The summed E-state index contributed by atoms with van der Waals surface area (Å²) in [5.74, 6) is 0.529. The maximum Gasteiger partial charge on any atom is 0.0540 e. The van der Waals surface area contributed by atoms with E-state index in [0.717, 1.165) is 0 Å². The fourth-order valence-corrected chi connectivity index (χ4v) is 3.85. The van der Waals surface area contributed by atoms with E-state index >= 15 is 0 Å². The zero-order chi connectivity index (χ0) is 18.8. The molecular formula is C26H25N. The van der Waals surface area contributed by atoms with Gasteiger partial charge in [0.1, 0.15) is 0 Å². The van der Waals surface area contributed by atoms with Crippen LogP contribution in [0.1, 0.15) is 30.9 Å². The fraction of sp³-hybridized carbons (Fsp3) is 0.154. The van der Waals surface area contributed by atoms with Gasteiger partial charge in [-0.15, -0.1) is 0 Å². The van der Waals surface area contributed by atoms with Gasteiger partial charge in [0, 0.05) is 16.8 Å². The first-order valence-corrected chi connectivity index (χ1v) is 9.58. The molecule has 0 saturated carbocycles. The Labute approximate surface area is 161 Å². The van der Waals surface area contributed by atoms with Crippen LogP contribution in [0, 0.1) is 6.92 Å². The van der Waals surface area contributed by atoms with E-state index in [1.54, 1.807) is 0 Å². The van der Waals surface area contributed by atoms with Gasteiger partial charge in [-0.2, -0.15) is 0 Å². The molecule has 0 radical (unpaired) electrons. The minimum atomic E-state index is 0.529. The van der Waals surface area contributed by atoms with Gasteiger partial charge >= 0.3 is 0 Å². The van der Waals surface area contributed by atoms with Crippen molar-refractivity contribution in [3.8, 4) is 0 Å². The molecule has 134 valence electrons. The molecule has 0 aliphatic rings. The van der Waals surface area contributed by atoms with E-state index in [1.165, 1.54) is 39.0 Å². The number of hydrogen-bond acceptors (Lipinski definition) is 1. The molecule has 0 unspecified atom stereocenters. The van der Waals surface area contributed by atoms with E-state index in [2.05, 4.69) is 117 Å². The number of aryl methyl sites for hydroxylation is 1. The van der Waals surface area contributed by atoms with E-state index in [1.807, 2.05) is 0 Å². The van der Waals surface area contributed by atoms with Crippen LogP contribution in [0.5, 0.6) is 0 Å². The molecule has 0 aromatic heterocycles. The Bertz CT molecular complexity index is 1060. The first-order valence-electron chi connectivity index (χ1n) is 9.58. The largest absolute Gasteiger partial charge is 0.310 e. The average Bonchev–Trinajstić information content (AvgIpc) is 2.69. The SMILES string of the molecule is Cc1cc(N(c2ccccc2)c2cccc3ccccc23)ccc1C(C)C. The van der Waals surface area contributed by atoms with Crippen LogP contribution in [-0.2, 0) is 0 Å². The summed E-state index contributed by atoms with van der Waals surface area (Å²) in [7, 11) is 0. The number of anilines is 3. The first kappa shape index (κ1) is 17.4. The van der Waals surface area contributed by atoms with Gasteiger partial charge in [0.25, 0.3) is 0 Å². The number of fused-ring (bicyclic) bond motifs is 1. The van der Waals surface area contributed by atoms with Crippen molar-refractivity contribution in [2.45, 2.75) is 26.7 Å². The van der Waals surface area contributed by atoms with Gasteiger partial charge in [0.15, 0.2) is 0 Å². The molecule has 0 fully saturated rings.